The second-order valence-corrected chi connectivity index (χ2v) is 10.0. The number of ether oxygens (including phenoxy) is 2. The number of imidazole rings is 1. The number of carbonyl (C=O) groups is 2. The summed E-state index contributed by atoms with van der Waals surface area (Å²) in [7, 11) is 1.56. The van der Waals surface area contributed by atoms with Crippen LogP contribution in [0.5, 0.6) is 17.2 Å². The van der Waals surface area contributed by atoms with Gasteiger partial charge in [-0.25, -0.2) is 4.98 Å². The van der Waals surface area contributed by atoms with Gasteiger partial charge in [0, 0.05) is 29.4 Å². The van der Waals surface area contributed by atoms with E-state index in [4.69, 9.17) is 31.3 Å². The number of rotatable bonds is 12. The Bertz CT molecular complexity index is 1800. The number of guanidine groups is 1. The molecular formula is C33H33N7O4. The molecule has 0 aliphatic carbocycles. The van der Waals surface area contributed by atoms with Crippen LogP contribution in [-0.2, 0) is 4.79 Å². The van der Waals surface area contributed by atoms with Crippen LogP contribution in [0.2, 0.25) is 0 Å². The first-order valence-electron chi connectivity index (χ1n) is 14.0. The predicted molar refractivity (Wildman–Crippen MR) is 170 cm³/mol. The molecule has 5 aromatic rings. The lowest BCUT2D eigenvalue weighted by molar-refractivity contribution is -0.121. The van der Waals surface area contributed by atoms with Gasteiger partial charge in [-0.15, -0.1) is 0 Å². The zero-order chi connectivity index (χ0) is 31.1. The summed E-state index contributed by atoms with van der Waals surface area (Å²) in [6.45, 7) is 0.399. The predicted octanol–water partition coefficient (Wildman–Crippen LogP) is 5.05. The Balaban J connectivity index is 1.54. The molecule has 0 spiro atoms. The van der Waals surface area contributed by atoms with E-state index in [1.807, 2.05) is 54.6 Å². The Morgan fingerprint density at radius 3 is 2.41 bits per heavy atom. The second-order valence-electron chi connectivity index (χ2n) is 10.0. The Morgan fingerprint density at radius 2 is 1.66 bits per heavy atom. The van der Waals surface area contributed by atoms with Gasteiger partial charge < -0.3 is 36.1 Å². The van der Waals surface area contributed by atoms with Crippen LogP contribution < -0.4 is 31.6 Å². The van der Waals surface area contributed by atoms with Crippen molar-refractivity contribution in [2.45, 2.75) is 18.9 Å². The smallest absolute Gasteiger partial charge is 0.255 e. The highest BCUT2D eigenvalue weighted by molar-refractivity contribution is 6.06. The highest BCUT2D eigenvalue weighted by Crippen LogP contribution is 2.33. The van der Waals surface area contributed by atoms with Gasteiger partial charge in [0.2, 0.25) is 5.91 Å². The molecule has 7 N–H and O–H groups in total. The van der Waals surface area contributed by atoms with Crippen molar-refractivity contribution < 1.29 is 19.1 Å². The molecule has 11 heteroatoms. The van der Waals surface area contributed by atoms with Gasteiger partial charge in [-0.1, -0.05) is 36.4 Å². The first-order valence-corrected chi connectivity index (χ1v) is 14.0. The van der Waals surface area contributed by atoms with E-state index in [-0.39, 0.29) is 11.9 Å². The number of primary amides is 1. The third kappa shape index (κ3) is 6.96. The van der Waals surface area contributed by atoms with Gasteiger partial charge in [0.05, 0.1) is 18.1 Å². The number of methoxy groups -OCH3 is 1. The lowest BCUT2D eigenvalue weighted by Gasteiger charge is -2.20. The maximum Gasteiger partial charge on any atom is 0.255 e. The summed E-state index contributed by atoms with van der Waals surface area (Å²) in [4.78, 5) is 31.0. The van der Waals surface area contributed by atoms with Gasteiger partial charge in [-0.05, 0) is 67.4 Å². The number of nitrogens with zero attached hydrogens (tertiary/aromatic N) is 2. The van der Waals surface area contributed by atoms with Crippen LogP contribution in [0.25, 0.3) is 22.4 Å². The number of nitrogens with two attached hydrogens (primary N) is 2. The van der Waals surface area contributed by atoms with Crippen molar-refractivity contribution in [3.8, 4) is 28.6 Å². The van der Waals surface area contributed by atoms with Gasteiger partial charge in [0.1, 0.15) is 29.1 Å². The normalized spacial score (nSPS) is 11.5. The van der Waals surface area contributed by atoms with Crippen LogP contribution in [0.4, 0.5) is 5.69 Å². The molecule has 1 unspecified atom stereocenters. The lowest BCUT2D eigenvalue weighted by atomic mass is 10.1. The highest BCUT2D eigenvalue weighted by atomic mass is 16.5. The number of amides is 2. The number of aromatic nitrogens is 2. The van der Waals surface area contributed by atoms with E-state index in [0.717, 1.165) is 0 Å². The summed E-state index contributed by atoms with van der Waals surface area (Å²) in [5, 5.41) is 13.1. The molecule has 224 valence electrons. The SMILES string of the molecule is COc1cccc(NC(=O)c2ccc3c(c2)nc(-c2cccc(Oc4ccccc4)c2)n3C(CCCNC(=N)N)C(N)=O)c1. The van der Waals surface area contributed by atoms with Gasteiger partial charge in [-0.3, -0.25) is 15.0 Å². The summed E-state index contributed by atoms with van der Waals surface area (Å²) in [6, 6.07) is 28.3. The summed E-state index contributed by atoms with van der Waals surface area (Å²) in [5.41, 5.74) is 14.2. The second kappa shape index (κ2) is 13.4. The zero-order valence-corrected chi connectivity index (χ0v) is 24.1. The molecule has 1 heterocycles. The molecule has 1 aromatic heterocycles. The Kier molecular flexibility index (Phi) is 9.05. The minimum absolute atomic E-state index is 0.149. The van der Waals surface area contributed by atoms with E-state index < -0.39 is 11.9 Å². The van der Waals surface area contributed by atoms with E-state index in [1.54, 1.807) is 54.1 Å². The number of hydrogen-bond acceptors (Lipinski definition) is 6. The molecule has 0 aliphatic heterocycles. The average Bonchev–Trinajstić information content (AvgIpc) is 3.40. The maximum absolute atomic E-state index is 13.2. The Labute approximate surface area is 254 Å². The molecule has 0 aliphatic rings. The van der Waals surface area contributed by atoms with E-state index in [1.165, 1.54) is 0 Å². The maximum atomic E-state index is 13.2. The monoisotopic (exact) mass is 591 g/mol. The van der Waals surface area contributed by atoms with E-state index in [2.05, 4.69) is 10.6 Å². The molecule has 5 rings (SSSR count). The quantitative estimate of drug-likeness (QED) is 0.0768. The number of carbonyl (C=O) groups excluding carboxylic acids is 2. The van der Waals surface area contributed by atoms with Crippen LogP contribution in [-0.4, -0.2) is 41.0 Å². The standard InChI is InChI=1S/C33H33N7O4/c1-43-25-12-6-9-23(20-25)38-32(42)22-15-16-28-27(19-22)39-31(40(28)29(30(34)41)14-7-17-37-33(35)36)21-8-5-13-26(18-21)44-24-10-3-2-4-11-24/h2-6,8-13,15-16,18-20,29H,7,14,17H2,1H3,(H2,34,41)(H,38,42)(H4,35,36,37). The molecule has 0 bridgehead atoms. The van der Waals surface area contributed by atoms with E-state index in [9.17, 15) is 9.59 Å². The average molecular weight is 592 g/mol. The van der Waals surface area contributed by atoms with E-state index >= 15 is 0 Å². The third-order valence-electron chi connectivity index (χ3n) is 6.96. The first-order chi connectivity index (χ1) is 21.3. The minimum Gasteiger partial charge on any atom is -0.497 e. The van der Waals surface area contributed by atoms with Crippen LogP contribution >= 0.6 is 0 Å². The molecule has 0 saturated carbocycles. The van der Waals surface area contributed by atoms with Crippen molar-refractivity contribution in [2.24, 2.45) is 11.5 Å². The van der Waals surface area contributed by atoms with Crippen LogP contribution in [0, 0.1) is 5.41 Å². The molecule has 1 atom stereocenters. The fraction of sp³-hybridized carbons (Fsp3) is 0.152. The lowest BCUT2D eigenvalue weighted by Crippen LogP contribution is -2.32. The number of fused-ring (bicyclic) bond motifs is 1. The van der Waals surface area contributed by atoms with Crippen molar-refractivity contribution in [3.05, 3.63) is 103 Å². The molecule has 0 fully saturated rings. The summed E-state index contributed by atoms with van der Waals surface area (Å²) >= 11 is 0. The van der Waals surface area contributed by atoms with Crippen molar-refractivity contribution in [1.82, 2.24) is 14.9 Å². The van der Waals surface area contributed by atoms with Gasteiger partial charge in [-0.2, -0.15) is 0 Å². The van der Waals surface area contributed by atoms with E-state index in [0.29, 0.717) is 70.3 Å². The van der Waals surface area contributed by atoms with Crippen LogP contribution in [0.1, 0.15) is 29.2 Å². The van der Waals surface area contributed by atoms with Crippen molar-refractivity contribution in [3.63, 3.8) is 0 Å². The molecule has 4 aromatic carbocycles. The molecule has 0 radical (unpaired) electrons. The number of benzene rings is 4. The molecule has 44 heavy (non-hydrogen) atoms. The number of hydrogen-bond donors (Lipinski definition) is 5. The van der Waals surface area contributed by atoms with Gasteiger partial charge in [0.15, 0.2) is 5.96 Å². The molecule has 0 saturated heterocycles. The fourth-order valence-corrected chi connectivity index (χ4v) is 4.90. The van der Waals surface area contributed by atoms with Gasteiger partial charge >= 0.3 is 0 Å². The Hall–Kier alpha value is -5.84. The van der Waals surface area contributed by atoms with Crippen LogP contribution in [0.15, 0.2) is 97.1 Å². The zero-order valence-electron chi connectivity index (χ0n) is 24.1. The number of anilines is 1. The van der Waals surface area contributed by atoms with Crippen LogP contribution in [0.3, 0.4) is 0 Å². The summed E-state index contributed by atoms with van der Waals surface area (Å²) in [6.07, 6.45) is 0.886. The first kappa shape index (κ1) is 29.6. The number of nitrogens with one attached hydrogen (secondary N) is 3. The van der Waals surface area contributed by atoms with Crippen molar-refractivity contribution >= 4 is 34.5 Å². The molecule has 2 amide bonds. The fourth-order valence-electron chi connectivity index (χ4n) is 4.90. The summed E-state index contributed by atoms with van der Waals surface area (Å²) < 4.78 is 13.1. The minimum atomic E-state index is -0.765. The van der Waals surface area contributed by atoms with Crippen molar-refractivity contribution in [2.75, 3.05) is 19.0 Å². The largest absolute Gasteiger partial charge is 0.497 e. The Morgan fingerprint density at radius 1 is 0.909 bits per heavy atom. The highest BCUT2D eigenvalue weighted by Gasteiger charge is 2.25. The molecular weight excluding hydrogens is 558 g/mol. The third-order valence-corrected chi connectivity index (χ3v) is 6.96. The molecule has 11 nitrogen and oxygen atoms in total. The van der Waals surface area contributed by atoms with Crippen molar-refractivity contribution in [1.29, 1.82) is 5.41 Å². The van der Waals surface area contributed by atoms with Gasteiger partial charge in [0.25, 0.3) is 5.91 Å². The topological polar surface area (TPSA) is 170 Å². The number of para-hydroxylation sites is 1. The summed E-state index contributed by atoms with van der Waals surface area (Å²) in [5.74, 6) is 1.37.